The molecule has 1 amide bonds. The quantitative estimate of drug-likeness (QED) is 0.487. The molecular weight excluding hydrogens is 478 g/mol. The maximum Gasteiger partial charge on any atom is 0.332 e. The lowest BCUT2D eigenvalue weighted by Crippen LogP contribution is -2.49. The van der Waals surface area contributed by atoms with Gasteiger partial charge >= 0.3 is 5.69 Å². The maximum absolute atomic E-state index is 13.4. The summed E-state index contributed by atoms with van der Waals surface area (Å²) < 4.78 is 37.4. The van der Waals surface area contributed by atoms with E-state index in [1.165, 1.54) is 42.1 Å². The van der Waals surface area contributed by atoms with Gasteiger partial charge in [0.05, 0.1) is 7.11 Å². The standard InChI is InChI=1S/C21H27N7O6S/c1-13(29)22-14-6-7-15(34-5)16(12-14)35(32,33)28-10-8-27(9-11-28)20-23-18-17(24(20)2)19(30)26(4)21(31)25(18)3/h6-7,12H,8-11H2,1-5H3,(H,22,29). The number of nitrogens with one attached hydrogen (secondary N) is 1. The molecule has 1 fully saturated rings. The first-order valence-electron chi connectivity index (χ1n) is 10.8. The molecule has 188 valence electrons. The summed E-state index contributed by atoms with van der Waals surface area (Å²) >= 11 is 0. The third-order valence-electron chi connectivity index (χ3n) is 6.08. The van der Waals surface area contributed by atoms with Gasteiger partial charge in [-0.1, -0.05) is 0 Å². The Kier molecular flexibility index (Phi) is 6.19. The lowest BCUT2D eigenvalue weighted by atomic mass is 10.3. The second-order valence-electron chi connectivity index (χ2n) is 8.29. The van der Waals surface area contributed by atoms with Crippen LogP contribution in [0.15, 0.2) is 32.7 Å². The highest BCUT2D eigenvalue weighted by Gasteiger charge is 2.33. The monoisotopic (exact) mass is 505 g/mol. The lowest BCUT2D eigenvalue weighted by Gasteiger charge is -2.34. The fourth-order valence-electron chi connectivity index (χ4n) is 4.22. The number of methoxy groups -OCH3 is 1. The number of hydrogen-bond acceptors (Lipinski definition) is 8. The third-order valence-corrected chi connectivity index (χ3v) is 8.00. The van der Waals surface area contributed by atoms with Gasteiger partial charge in [0.1, 0.15) is 10.6 Å². The highest BCUT2D eigenvalue weighted by atomic mass is 32.2. The highest BCUT2D eigenvalue weighted by Crippen LogP contribution is 2.31. The van der Waals surface area contributed by atoms with E-state index >= 15 is 0 Å². The van der Waals surface area contributed by atoms with E-state index in [-0.39, 0.29) is 35.3 Å². The van der Waals surface area contributed by atoms with Crippen LogP contribution >= 0.6 is 0 Å². The SMILES string of the molecule is COc1ccc(NC(C)=O)cc1S(=O)(=O)N1CCN(c2nc3c(c(=O)n(C)c(=O)n3C)n2C)CC1. The molecule has 13 nitrogen and oxygen atoms in total. The molecule has 1 N–H and O–H groups in total. The summed E-state index contributed by atoms with van der Waals surface area (Å²) in [5, 5.41) is 2.59. The zero-order chi connectivity index (χ0) is 25.7. The Balaban J connectivity index is 1.63. The largest absolute Gasteiger partial charge is 0.495 e. The van der Waals surface area contributed by atoms with Crippen LogP contribution in [0, 0.1) is 0 Å². The van der Waals surface area contributed by atoms with E-state index < -0.39 is 21.3 Å². The van der Waals surface area contributed by atoms with Crippen LogP contribution in [0.4, 0.5) is 11.6 Å². The number of fused-ring (bicyclic) bond motifs is 1. The minimum absolute atomic E-state index is 0.0408. The number of sulfonamides is 1. The van der Waals surface area contributed by atoms with Gasteiger partial charge in [-0.25, -0.2) is 13.2 Å². The molecule has 1 aliphatic heterocycles. The number of ether oxygens (including phenoxy) is 1. The van der Waals surface area contributed by atoms with Crippen LogP contribution in [0.2, 0.25) is 0 Å². The normalized spacial score (nSPS) is 14.9. The number of carbonyl (C=O) groups is 1. The van der Waals surface area contributed by atoms with Crippen LogP contribution in [0.25, 0.3) is 11.2 Å². The molecule has 0 spiro atoms. The number of aryl methyl sites for hydroxylation is 2. The van der Waals surface area contributed by atoms with Gasteiger partial charge in [-0.2, -0.15) is 9.29 Å². The van der Waals surface area contributed by atoms with Crippen LogP contribution in [-0.2, 0) is 36.0 Å². The zero-order valence-electron chi connectivity index (χ0n) is 20.1. The van der Waals surface area contributed by atoms with E-state index in [4.69, 9.17) is 4.74 Å². The Labute approximate surface area is 201 Å². The Morgan fingerprint density at radius 1 is 1.03 bits per heavy atom. The summed E-state index contributed by atoms with van der Waals surface area (Å²) in [5.41, 5.74) is -0.0121. The number of piperazine rings is 1. The van der Waals surface area contributed by atoms with Gasteiger partial charge in [0.25, 0.3) is 5.56 Å². The minimum Gasteiger partial charge on any atom is -0.495 e. The number of nitrogens with zero attached hydrogens (tertiary/aromatic N) is 6. The van der Waals surface area contributed by atoms with Crippen LogP contribution in [0.5, 0.6) is 5.75 Å². The van der Waals surface area contributed by atoms with Crippen molar-refractivity contribution in [3.05, 3.63) is 39.0 Å². The first-order chi connectivity index (χ1) is 16.5. The smallest absolute Gasteiger partial charge is 0.332 e. The molecule has 0 radical (unpaired) electrons. The fraction of sp³-hybridized carbons (Fsp3) is 0.429. The topological polar surface area (TPSA) is 141 Å². The summed E-state index contributed by atoms with van der Waals surface area (Å²) in [6, 6.07) is 4.45. The number of aromatic nitrogens is 4. The number of imidazole rings is 1. The van der Waals surface area contributed by atoms with Crippen molar-refractivity contribution in [2.45, 2.75) is 11.8 Å². The molecule has 2 aromatic heterocycles. The molecule has 3 aromatic rings. The summed E-state index contributed by atoms with van der Waals surface area (Å²) in [6.45, 7) is 2.30. The molecular formula is C21H27N7O6S. The predicted molar refractivity (Wildman–Crippen MR) is 129 cm³/mol. The van der Waals surface area contributed by atoms with Crippen molar-refractivity contribution >= 4 is 38.7 Å². The number of carbonyl (C=O) groups excluding carboxylic acids is 1. The zero-order valence-corrected chi connectivity index (χ0v) is 20.9. The number of amides is 1. The highest BCUT2D eigenvalue weighted by molar-refractivity contribution is 7.89. The molecule has 0 saturated carbocycles. The van der Waals surface area contributed by atoms with E-state index in [2.05, 4.69) is 10.3 Å². The van der Waals surface area contributed by atoms with Crippen molar-refractivity contribution < 1.29 is 17.9 Å². The summed E-state index contributed by atoms with van der Waals surface area (Å²) in [5.74, 6) is 0.330. The Morgan fingerprint density at radius 2 is 1.69 bits per heavy atom. The number of benzene rings is 1. The molecule has 0 atom stereocenters. The van der Waals surface area contributed by atoms with E-state index in [0.29, 0.717) is 30.2 Å². The Hall–Kier alpha value is -3.65. The lowest BCUT2D eigenvalue weighted by molar-refractivity contribution is -0.114. The van der Waals surface area contributed by atoms with Crippen molar-refractivity contribution in [3.8, 4) is 5.75 Å². The molecule has 14 heteroatoms. The van der Waals surface area contributed by atoms with Crippen LogP contribution < -0.4 is 26.2 Å². The average Bonchev–Trinajstić information content (AvgIpc) is 3.18. The molecule has 3 heterocycles. The van der Waals surface area contributed by atoms with Gasteiger partial charge in [-0.15, -0.1) is 0 Å². The Morgan fingerprint density at radius 3 is 2.29 bits per heavy atom. The molecule has 1 saturated heterocycles. The van der Waals surface area contributed by atoms with E-state index in [1.54, 1.807) is 24.7 Å². The summed E-state index contributed by atoms with van der Waals surface area (Å²) in [4.78, 5) is 42.7. The van der Waals surface area contributed by atoms with E-state index in [0.717, 1.165) is 4.57 Å². The molecule has 0 unspecified atom stereocenters. The van der Waals surface area contributed by atoms with Crippen LogP contribution in [-0.4, -0.2) is 70.6 Å². The van der Waals surface area contributed by atoms with Crippen molar-refractivity contribution in [2.24, 2.45) is 21.1 Å². The van der Waals surface area contributed by atoms with Gasteiger partial charge in [0, 0.05) is 59.9 Å². The minimum atomic E-state index is -3.92. The van der Waals surface area contributed by atoms with Crippen LogP contribution in [0.1, 0.15) is 6.92 Å². The Bertz CT molecular complexity index is 1540. The predicted octanol–water partition coefficient (Wildman–Crippen LogP) is -0.551. The van der Waals surface area contributed by atoms with Crippen molar-refractivity contribution in [1.82, 2.24) is 23.0 Å². The maximum atomic E-state index is 13.4. The fourth-order valence-corrected chi connectivity index (χ4v) is 5.82. The van der Waals surface area contributed by atoms with Crippen molar-refractivity contribution in [1.29, 1.82) is 0 Å². The molecule has 1 aromatic carbocycles. The number of hydrogen-bond donors (Lipinski definition) is 1. The molecule has 1 aliphatic rings. The first kappa shape index (κ1) is 24.5. The number of anilines is 2. The second kappa shape index (κ2) is 8.85. The molecule has 0 bridgehead atoms. The third kappa shape index (κ3) is 4.08. The molecule has 0 aliphatic carbocycles. The van der Waals surface area contributed by atoms with E-state index in [9.17, 15) is 22.8 Å². The van der Waals surface area contributed by atoms with Crippen molar-refractivity contribution in [3.63, 3.8) is 0 Å². The first-order valence-corrected chi connectivity index (χ1v) is 12.2. The van der Waals surface area contributed by atoms with Gasteiger partial charge in [-0.05, 0) is 18.2 Å². The average molecular weight is 506 g/mol. The van der Waals surface area contributed by atoms with Gasteiger partial charge < -0.3 is 19.5 Å². The van der Waals surface area contributed by atoms with Crippen molar-refractivity contribution in [2.75, 3.05) is 43.5 Å². The molecule has 4 rings (SSSR count). The summed E-state index contributed by atoms with van der Waals surface area (Å²) in [6.07, 6.45) is 0. The summed E-state index contributed by atoms with van der Waals surface area (Å²) in [7, 11) is 2.11. The van der Waals surface area contributed by atoms with Gasteiger partial charge in [-0.3, -0.25) is 18.7 Å². The van der Waals surface area contributed by atoms with Crippen LogP contribution in [0.3, 0.4) is 0 Å². The van der Waals surface area contributed by atoms with Gasteiger partial charge in [0.15, 0.2) is 11.2 Å². The van der Waals surface area contributed by atoms with Gasteiger partial charge in [0.2, 0.25) is 21.9 Å². The number of rotatable bonds is 5. The second-order valence-corrected chi connectivity index (χ2v) is 10.2. The van der Waals surface area contributed by atoms with E-state index in [1.807, 2.05) is 4.90 Å². The molecule has 35 heavy (non-hydrogen) atoms.